The molecule has 0 saturated carbocycles. The monoisotopic (exact) mass is 154 g/mol. The number of hydrogen-bond donors (Lipinski definition) is 1. The third-order valence-corrected chi connectivity index (χ3v) is 0.695. The van der Waals surface area contributed by atoms with E-state index in [9.17, 15) is 0 Å². The van der Waals surface area contributed by atoms with Gasteiger partial charge in [-0.15, -0.1) is 0 Å². The minimum atomic E-state index is 0. The topological polar surface area (TPSA) is 59.5 Å². The molecular weight excluding hydrogens is 147 g/mol. The molecule has 0 unspecified atom stereocenters. The van der Waals surface area contributed by atoms with Crippen molar-refractivity contribution in [2.24, 2.45) is 0 Å². The van der Waals surface area contributed by atoms with Crippen molar-refractivity contribution in [3.63, 3.8) is 0 Å². The van der Waals surface area contributed by atoms with Crippen molar-refractivity contribution < 1.29 is 66.7 Å². The zero-order chi connectivity index (χ0) is 5.11. The molecule has 0 radical (unpaired) electrons. The Kier molecular flexibility index (Phi) is 9.33. The fraction of sp³-hybridized carbons (Fsp3) is 0.200. The summed E-state index contributed by atoms with van der Waals surface area (Å²) in [7, 11) is 0. The van der Waals surface area contributed by atoms with Crippen LogP contribution in [0.2, 0.25) is 0 Å². The summed E-state index contributed by atoms with van der Waals surface area (Å²) in [5.74, 6) is 0.280. The third-order valence-electron chi connectivity index (χ3n) is 0.695. The van der Waals surface area contributed by atoms with Gasteiger partial charge in [0, 0.05) is 0 Å². The van der Waals surface area contributed by atoms with Crippen molar-refractivity contribution >= 4 is 0 Å². The van der Waals surface area contributed by atoms with E-state index in [0.717, 1.165) is 0 Å². The summed E-state index contributed by atoms with van der Waals surface area (Å²) in [6, 6.07) is 0. The average Bonchev–Trinajstić information content (AvgIpc) is 1.69. The van der Waals surface area contributed by atoms with Gasteiger partial charge in [0.05, 0.1) is 6.26 Å². The molecule has 1 aliphatic heterocycles. The molecule has 1 aliphatic rings. The Hall–Kier alpha value is 0.676. The van der Waals surface area contributed by atoms with E-state index in [1.54, 1.807) is 18.4 Å². The van der Waals surface area contributed by atoms with Crippen molar-refractivity contribution in [2.45, 2.75) is 0 Å². The van der Waals surface area contributed by atoms with Gasteiger partial charge in [0.2, 0.25) is 0 Å². The predicted octanol–water partition coefficient (Wildman–Crippen LogP) is -2.20. The first-order valence-electron chi connectivity index (χ1n) is 2.06. The molecule has 46 valence electrons. The van der Waals surface area contributed by atoms with Crippen LogP contribution in [0.4, 0.5) is 0 Å². The predicted molar refractivity (Wildman–Crippen MR) is 27.7 cm³/mol. The first kappa shape index (κ1) is 12.4. The number of ether oxygens (including phenoxy) is 1. The molecule has 3 nitrogen and oxygen atoms in total. The van der Waals surface area contributed by atoms with Crippen molar-refractivity contribution in [1.29, 1.82) is 0 Å². The van der Waals surface area contributed by atoms with Crippen LogP contribution in [0, 0.1) is 0 Å². The van der Waals surface area contributed by atoms with Gasteiger partial charge >= 0.3 is 51.4 Å². The first-order chi connectivity index (χ1) is 3.39. The standard InChI is InChI=1S/C5H6O2.K.H2O/c6-5-2-1-3-7-4-5;;/h1-3,6H,4H2;;1H2/q;+1;/p-1. The molecule has 0 aliphatic carbocycles. The second kappa shape index (κ2) is 6.79. The molecule has 9 heavy (non-hydrogen) atoms. The first-order valence-corrected chi connectivity index (χ1v) is 2.06. The number of allylic oxidation sites excluding steroid dienone is 2. The maximum absolute atomic E-state index is 8.59. The summed E-state index contributed by atoms with van der Waals surface area (Å²) in [5, 5.41) is 8.59. The summed E-state index contributed by atoms with van der Waals surface area (Å²) >= 11 is 0. The van der Waals surface area contributed by atoms with E-state index >= 15 is 0 Å². The van der Waals surface area contributed by atoms with E-state index in [1.807, 2.05) is 0 Å². The third kappa shape index (κ3) is 5.14. The zero-order valence-corrected chi connectivity index (χ0v) is 8.36. The van der Waals surface area contributed by atoms with Crippen molar-refractivity contribution in [3.8, 4) is 0 Å². The van der Waals surface area contributed by atoms with Crippen molar-refractivity contribution in [3.05, 3.63) is 24.2 Å². The van der Waals surface area contributed by atoms with E-state index in [4.69, 9.17) is 5.11 Å². The fourth-order valence-corrected chi connectivity index (χ4v) is 0.388. The minimum absolute atomic E-state index is 0. The summed E-state index contributed by atoms with van der Waals surface area (Å²) in [6.45, 7) is 0.316. The molecular formula is C5H7KO3. The van der Waals surface area contributed by atoms with Gasteiger partial charge in [-0.05, 0) is 12.2 Å². The van der Waals surface area contributed by atoms with Crippen LogP contribution in [-0.2, 0) is 4.74 Å². The second-order valence-electron chi connectivity index (χ2n) is 1.30. The van der Waals surface area contributed by atoms with Crippen LogP contribution in [0.25, 0.3) is 0 Å². The Morgan fingerprint density at radius 2 is 2.22 bits per heavy atom. The van der Waals surface area contributed by atoms with Gasteiger partial charge in [0.25, 0.3) is 0 Å². The van der Waals surface area contributed by atoms with E-state index < -0.39 is 0 Å². The van der Waals surface area contributed by atoms with Crippen LogP contribution < -0.4 is 51.4 Å². The smallest absolute Gasteiger partial charge is 0.870 e. The maximum Gasteiger partial charge on any atom is 1.00 e. The van der Waals surface area contributed by atoms with E-state index in [-0.39, 0.29) is 62.6 Å². The largest absolute Gasteiger partial charge is 1.00 e. The van der Waals surface area contributed by atoms with Gasteiger partial charge in [-0.3, -0.25) is 0 Å². The summed E-state index contributed by atoms with van der Waals surface area (Å²) in [5.41, 5.74) is 0. The number of hydrogen-bond acceptors (Lipinski definition) is 3. The molecule has 1 rings (SSSR count). The van der Waals surface area contributed by atoms with E-state index in [2.05, 4.69) is 4.74 Å². The van der Waals surface area contributed by atoms with Crippen LogP contribution in [0.15, 0.2) is 24.2 Å². The normalized spacial score (nSPS) is 14.0. The van der Waals surface area contributed by atoms with Gasteiger partial charge in [-0.25, -0.2) is 0 Å². The number of aliphatic hydroxyl groups is 1. The molecule has 0 atom stereocenters. The van der Waals surface area contributed by atoms with Gasteiger partial charge in [0.1, 0.15) is 12.4 Å². The molecule has 0 aromatic rings. The number of rotatable bonds is 0. The molecule has 2 N–H and O–H groups in total. The summed E-state index contributed by atoms with van der Waals surface area (Å²) in [6.07, 6.45) is 4.79. The molecule has 0 spiro atoms. The Balaban J connectivity index is 0. The van der Waals surface area contributed by atoms with E-state index in [0.29, 0.717) is 6.61 Å². The van der Waals surface area contributed by atoms with Crippen LogP contribution in [0.5, 0.6) is 0 Å². The quantitative estimate of drug-likeness (QED) is 0.403. The Morgan fingerprint density at radius 3 is 2.44 bits per heavy atom. The summed E-state index contributed by atoms with van der Waals surface area (Å²) < 4.78 is 4.68. The molecule has 0 aromatic heterocycles. The molecule has 1 heterocycles. The van der Waals surface area contributed by atoms with Crippen molar-refractivity contribution in [1.82, 2.24) is 0 Å². The number of aliphatic hydroxyl groups excluding tert-OH is 1. The molecule has 4 heteroatoms. The Bertz CT molecular complexity index is 119. The molecule has 0 bridgehead atoms. The van der Waals surface area contributed by atoms with E-state index in [1.165, 1.54) is 0 Å². The van der Waals surface area contributed by atoms with Crippen LogP contribution in [0.1, 0.15) is 0 Å². The fourth-order valence-electron chi connectivity index (χ4n) is 0.388. The Labute approximate surface area is 96.1 Å². The minimum Gasteiger partial charge on any atom is -0.870 e. The van der Waals surface area contributed by atoms with Crippen LogP contribution in [-0.4, -0.2) is 17.2 Å². The maximum atomic E-state index is 8.59. The van der Waals surface area contributed by atoms with Gasteiger partial charge in [-0.1, -0.05) is 0 Å². The van der Waals surface area contributed by atoms with Gasteiger partial charge in [0.15, 0.2) is 0 Å². The van der Waals surface area contributed by atoms with Crippen LogP contribution >= 0.6 is 0 Å². The van der Waals surface area contributed by atoms with Crippen LogP contribution in [0.3, 0.4) is 0 Å². The summed E-state index contributed by atoms with van der Waals surface area (Å²) in [4.78, 5) is 0. The molecule has 0 fully saturated rings. The SMILES string of the molecule is OC1=CC=COC1.[K+].[OH-]. The Morgan fingerprint density at radius 1 is 1.56 bits per heavy atom. The molecule has 0 aromatic carbocycles. The van der Waals surface area contributed by atoms with Gasteiger partial charge in [-0.2, -0.15) is 0 Å². The molecule has 0 saturated heterocycles. The van der Waals surface area contributed by atoms with Crippen molar-refractivity contribution in [2.75, 3.05) is 6.61 Å². The second-order valence-corrected chi connectivity index (χ2v) is 1.30. The zero-order valence-electron chi connectivity index (χ0n) is 5.24. The average molecular weight is 154 g/mol. The molecule has 0 amide bonds. The van der Waals surface area contributed by atoms with Gasteiger partial charge < -0.3 is 15.3 Å².